The predicted molar refractivity (Wildman–Crippen MR) is 85.8 cm³/mol. The van der Waals surface area contributed by atoms with Crippen molar-refractivity contribution in [3.8, 4) is 0 Å². The van der Waals surface area contributed by atoms with Crippen LogP contribution in [0.2, 0.25) is 0 Å². The van der Waals surface area contributed by atoms with Crippen molar-refractivity contribution in [1.82, 2.24) is 4.90 Å². The Kier molecular flexibility index (Phi) is 6.77. The van der Waals surface area contributed by atoms with Crippen molar-refractivity contribution >= 4 is 5.91 Å². The minimum absolute atomic E-state index is 0.292. The van der Waals surface area contributed by atoms with Gasteiger partial charge in [-0.05, 0) is 45.1 Å². The van der Waals surface area contributed by atoms with Crippen LogP contribution in [0.15, 0.2) is 24.3 Å². The topological polar surface area (TPSA) is 20.3 Å². The molecule has 1 aromatic carbocycles. The first-order valence-electron chi connectivity index (χ1n) is 7.75. The molecule has 2 heteroatoms. The average molecular weight is 275 g/mol. The van der Waals surface area contributed by atoms with Crippen molar-refractivity contribution in [3.63, 3.8) is 0 Å². The summed E-state index contributed by atoms with van der Waals surface area (Å²) in [7, 11) is 0. The van der Waals surface area contributed by atoms with Gasteiger partial charge >= 0.3 is 0 Å². The van der Waals surface area contributed by atoms with Gasteiger partial charge in [0.15, 0.2) is 0 Å². The molecule has 1 aromatic rings. The van der Waals surface area contributed by atoms with E-state index in [-0.39, 0.29) is 0 Å². The van der Waals surface area contributed by atoms with Gasteiger partial charge in [0.25, 0.3) is 0 Å². The molecule has 0 bridgehead atoms. The van der Waals surface area contributed by atoms with Crippen LogP contribution in [0.1, 0.15) is 51.7 Å². The minimum atomic E-state index is 0.292. The first-order valence-corrected chi connectivity index (χ1v) is 7.75. The van der Waals surface area contributed by atoms with Crippen molar-refractivity contribution < 1.29 is 4.79 Å². The van der Waals surface area contributed by atoms with Crippen LogP contribution in [0.5, 0.6) is 0 Å². The standard InChI is InChI=1S/C18H29NO/c1-14(2)13-19(15(3)4)18(20)8-6-7-17-11-9-16(5)10-12-17/h9-12,14-15H,6-8,13H2,1-5H3. The van der Waals surface area contributed by atoms with E-state index in [0.29, 0.717) is 24.3 Å². The number of rotatable bonds is 7. The molecular formula is C18H29NO. The molecule has 1 rings (SSSR count). The lowest BCUT2D eigenvalue weighted by Crippen LogP contribution is -2.39. The molecule has 1 amide bonds. The van der Waals surface area contributed by atoms with Crippen LogP contribution in [0.4, 0.5) is 0 Å². The Hall–Kier alpha value is -1.31. The molecule has 20 heavy (non-hydrogen) atoms. The lowest BCUT2D eigenvalue weighted by atomic mass is 10.1. The third kappa shape index (κ3) is 5.77. The number of amides is 1. The fraction of sp³-hybridized carbons (Fsp3) is 0.611. The molecule has 0 saturated carbocycles. The van der Waals surface area contributed by atoms with Gasteiger partial charge in [-0.15, -0.1) is 0 Å². The Morgan fingerprint density at radius 2 is 1.70 bits per heavy atom. The quantitative estimate of drug-likeness (QED) is 0.730. The second-order valence-electron chi connectivity index (χ2n) is 6.37. The van der Waals surface area contributed by atoms with Crippen LogP contribution in [0.25, 0.3) is 0 Å². The average Bonchev–Trinajstić information content (AvgIpc) is 2.37. The zero-order valence-corrected chi connectivity index (χ0v) is 13.6. The van der Waals surface area contributed by atoms with E-state index in [9.17, 15) is 4.79 Å². The van der Waals surface area contributed by atoms with Gasteiger partial charge in [-0.1, -0.05) is 43.7 Å². The highest BCUT2D eigenvalue weighted by Gasteiger charge is 2.17. The Labute approximate surface area is 124 Å². The molecular weight excluding hydrogens is 246 g/mol. The monoisotopic (exact) mass is 275 g/mol. The molecule has 0 N–H and O–H groups in total. The Morgan fingerprint density at radius 3 is 2.20 bits per heavy atom. The van der Waals surface area contributed by atoms with Gasteiger partial charge in [0, 0.05) is 19.0 Å². The summed E-state index contributed by atoms with van der Waals surface area (Å²) in [5.74, 6) is 0.819. The van der Waals surface area contributed by atoms with Crippen LogP contribution in [-0.2, 0) is 11.2 Å². The molecule has 112 valence electrons. The van der Waals surface area contributed by atoms with E-state index in [1.54, 1.807) is 0 Å². The number of carbonyl (C=O) groups excluding carboxylic acids is 1. The third-order valence-electron chi connectivity index (χ3n) is 3.48. The number of hydrogen-bond acceptors (Lipinski definition) is 1. The third-order valence-corrected chi connectivity index (χ3v) is 3.48. The minimum Gasteiger partial charge on any atom is -0.340 e. The van der Waals surface area contributed by atoms with E-state index in [0.717, 1.165) is 19.4 Å². The highest BCUT2D eigenvalue weighted by Crippen LogP contribution is 2.11. The molecule has 0 unspecified atom stereocenters. The van der Waals surface area contributed by atoms with E-state index < -0.39 is 0 Å². The maximum absolute atomic E-state index is 12.3. The molecule has 0 spiro atoms. The van der Waals surface area contributed by atoms with Gasteiger partial charge in [0.2, 0.25) is 5.91 Å². The largest absolute Gasteiger partial charge is 0.340 e. The zero-order valence-electron chi connectivity index (χ0n) is 13.6. The number of nitrogens with zero attached hydrogens (tertiary/aromatic N) is 1. The van der Waals surface area contributed by atoms with Crippen LogP contribution in [-0.4, -0.2) is 23.4 Å². The SMILES string of the molecule is Cc1ccc(CCCC(=O)N(CC(C)C)C(C)C)cc1. The molecule has 0 atom stereocenters. The number of aryl methyl sites for hydroxylation is 2. The molecule has 0 aliphatic carbocycles. The fourth-order valence-electron chi connectivity index (χ4n) is 2.34. The maximum atomic E-state index is 12.3. The number of hydrogen-bond donors (Lipinski definition) is 0. The highest BCUT2D eigenvalue weighted by atomic mass is 16.2. The first kappa shape index (κ1) is 16.7. The molecule has 0 fully saturated rings. The van der Waals surface area contributed by atoms with Gasteiger partial charge in [-0.2, -0.15) is 0 Å². The molecule has 0 radical (unpaired) electrons. The van der Waals surface area contributed by atoms with Crippen molar-refractivity contribution in [2.45, 2.75) is 59.9 Å². The second kappa shape index (κ2) is 8.08. The summed E-state index contributed by atoms with van der Waals surface area (Å²) >= 11 is 0. The summed E-state index contributed by atoms with van der Waals surface area (Å²) in [5.41, 5.74) is 2.61. The molecule has 2 nitrogen and oxygen atoms in total. The van der Waals surface area contributed by atoms with E-state index in [2.05, 4.69) is 58.9 Å². The van der Waals surface area contributed by atoms with Crippen LogP contribution in [0.3, 0.4) is 0 Å². The normalized spacial score (nSPS) is 11.2. The van der Waals surface area contributed by atoms with Crippen LogP contribution < -0.4 is 0 Å². The predicted octanol–water partition coefficient (Wildman–Crippen LogP) is 4.21. The van der Waals surface area contributed by atoms with Gasteiger partial charge < -0.3 is 4.90 Å². The van der Waals surface area contributed by atoms with E-state index in [1.807, 2.05) is 4.90 Å². The van der Waals surface area contributed by atoms with Crippen molar-refractivity contribution in [2.24, 2.45) is 5.92 Å². The lowest BCUT2D eigenvalue weighted by molar-refractivity contribution is -0.133. The smallest absolute Gasteiger partial charge is 0.222 e. The second-order valence-corrected chi connectivity index (χ2v) is 6.37. The summed E-state index contributed by atoms with van der Waals surface area (Å²) in [5, 5.41) is 0. The summed E-state index contributed by atoms with van der Waals surface area (Å²) in [6.45, 7) is 11.5. The summed E-state index contributed by atoms with van der Waals surface area (Å²) in [4.78, 5) is 14.3. The first-order chi connectivity index (χ1) is 9.40. The Bertz CT molecular complexity index is 406. The molecule has 0 saturated heterocycles. The van der Waals surface area contributed by atoms with Gasteiger partial charge in [-0.25, -0.2) is 0 Å². The van der Waals surface area contributed by atoms with Crippen molar-refractivity contribution in [1.29, 1.82) is 0 Å². The molecule has 0 aliphatic rings. The number of benzene rings is 1. The zero-order chi connectivity index (χ0) is 15.1. The van der Waals surface area contributed by atoms with Crippen LogP contribution in [0, 0.1) is 12.8 Å². The summed E-state index contributed by atoms with van der Waals surface area (Å²) in [6.07, 6.45) is 2.57. The van der Waals surface area contributed by atoms with E-state index in [4.69, 9.17) is 0 Å². The fourth-order valence-corrected chi connectivity index (χ4v) is 2.34. The highest BCUT2D eigenvalue weighted by molar-refractivity contribution is 5.76. The summed E-state index contributed by atoms with van der Waals surface area (Å²) < 4.78 is 0. The van der Waals surface area contributed by atoms with Crippen molar-refractivity contribution in [3.05, 3.63) is 35.4 Å². The van der Waals surface area contributed by atoms with Gasteiger partial charge in [0.1, 0.15) is 0 Å². The van der Waals surface area contributed by atoms with Gasteiger partial charge in [0.05, 0.1) is 0 Å². The Morgan fingerprint density at radius 1 is 1.10 bits per heavy atom. The summed E-state index contributed by atoms with van der Waals surface area (Å²) in [6, 6.07) is 8.89. The van der Waals surface area contributed by atoms with Crippen molar-refractivity contribution in [2.75, 3.05) is 6.54 Å². The van der Waals surface area contributed by atoms with Gasteiger partial charge in [-0.3, -0.25) is 4.79 Å². The van der Waals surface area contributed by atoms with Crippen LogP contribution >= 0.6 is 0 Å². The molecule has 0 heterocycles. The molecule has 0 aliphatic heterocycles. The maximum Gasteiger partial charge on any atom is 0.222 e. The van der Waals surface area contributed by atoms with E-state index in [1.165, 1.54) is 11.1 Å². The van der Waals surface area contributed by atoms with E-state index >= 15 is 0 Å². The Balaban J connectivity index is 2.43. The number of carbonyl (C=O) groups is 1. The molecule has 0 aromatic heterocycles. The lowest BCUT2D eigenvalue weighted by Gasteiger charge is -2.28.